The predicted octanol–water partition coefficient (Wildman–Crippen LogP) is 4.49. The summed E-state index contributed by atoms with van der Waals surface area (Å²) in [5.74, 6) is -0.680. The quantitative estimate of drug-likeness (QED) is 0.728. The summed E-state index contributed by atoms with van der Waals surface area (Å²) in [6.45, 7) is 1.77. The average molecular weight is 402 g/mol. The molecule has 0 atom stereocenters. The molecule has 0 fully saturated rings. The van der Waals surface area contributed by atoms with E-state index in [2.05, 4.69) is 37.2 Å². The second kappa shape index (κ2) is 5.93. The molecular formula is C14H11Br2FN2O. The zero-order valence-electron chi connectivity index (χ0n) is 10.5. The average Bonchev–Trinajstić information content (AvgIpc) is 2.37. The van der Waals surface area contributed by atoms with E-state index in [1.807, 2.05) is 0 Å². The van der Waals surface area contributed by atoms with Gasteiger partial charge in [-0.2, -0.15) is 0 Å². The molecule has 0 unspecified atom stereocenters. The lowest BCUT2D eigenvalue weighted by Gasteiger charge is -2.11. The van der Waals surface area contributed by atoms with Gasteiger partial charge in [0.25, 0.3) is 5.91 Å². The number of amides is 1. The summed E-state index contributed by atoms with van der Waals surface area (Å²) in [4.78, 5) is 12.3. The molecule has 0 aromatic heterocycles. The van der Waals surface area contributed by atoms with Crippen LogP contribution in [0.15, 0.2) is 39.3 Å². The maximum absolute atomic E-state index is 13.0. The first-order valence-corrected chi connectivity index (χ1v) is 7.29. The van der Waals surface area contributed by atoms with Gasteiger partial charge in [-0.25, -0.2) is 4.39 Å². The van der Waals surface area contributed by atoms with E-state index in [0.29, 0.717) is 27.0 Å². The number of nitrogens with two attached hydrogens (primary N) is 1. The van der Waals surface area contributed by atoms with Crippen molar-refractivity contribution in [1.82, 2.24) is 0 Å². The highest BCUT2D eigenvalue weighted by Crippen LogP contribution is 2.26. The van der Waals surface area contributed by atoms with Crippen LogP contribution >= 0.6 is 31.9 Å². The summed E-state index contributed by atoms with van der Waals surface area (Å²) >= 11 is 6.51. The van der Waals surface area contributed by atoms with Gasteiger partial charge in [0.15, 0.2) is 0 Å². The molecule has 104 valence electrons. The zero-order valence-corrected chi connectivity index (χ0v) is 13.7. The molecule has 0 radical (unpaired) electrons. The summed E-state index contributed by atoms with van der Waals surface area (Å²) in [7, 11) is 0. The minimum Gasteiger partial charge on any atom is -0.398 e. The van der Waals surface area contributed by atoms with Crippen molar-refractivity contribution in [3.63, 3.8) is 0 Å². The molecule has 0 aliphatic rings. The molecule has 1 amide bonds. The molecule has 0 aliphatic heterocycles. The molecule has 0 spiro atoms. The Balaban J connectivity index is 2.33. The van der Waals surface area contributed by atoms with Gasteiger partial charge in [-0.1, -0.05) is 15.9 Å². The monoisotopic (exact) mass is 400 g/mol. The lowest BCUT2D eigenvalue weighted by molar-refractivity contribution is 0.102. The molecular weight excluding hydrogens is 391 g/mol. The van der Waals surface area contributed by atoms with E-state index < -0.39 is 0 Å². The lowest BCUT2D eigenvalue weighted by atomic mass is 10.1. The molecule has 20 heavy (non-hydrogen) atoms. The molecule has 0 bridgehead atoms. The van der Waals surface area contributed by atoms with Crippen LogP contribution in [0.1, 0.15) is 15.9 Å². The lowest BCUT2D eigenvalue weighted by Crippen LogP contribution is -2.14. The molecule has 2 rings (SSSR count). The summed E-state index contributed by atoms with van der Waals surface area (Å²) in [6, 6.07) is 7.49. The van der Waals surface area contributed by atoms with E-state index in [1.165, 1.54) is 18.2 Å². The van der Waals surface area contributed by atoms with E-state index in [9.17, 15) is 9.18 Å². The number of benzene rings is 2. The van der Waals surface area contributed by atoms with Gasteiger partial charge in [0.05, 0.1) is 5.69 Å². The van der Waals surface area contributed by atoms with Crippen molar-refractivity contribution in [2.75, 3.05) is 11.1 Å². The van der Waals surface area contributed by atoms with Crippen LogP contribution in [-0.2, 0) is 0 Å². The molecule has 6 heteroatoms. The zero-order chi connectivity index (χ0) is 14.9. The highest BCUT2D eigenvalue weighted by atomic mass is 79.9. The molecule has 0 heterocycles. The maximum atomic E-state index is 13.0. The smallest absolute Gasteiger partial charge is 0.256 e. The van der Waals surface area contributed by atoms with Gasteiger partial charge in [-0.05, 0) is 58.7 Å². The Hall–Kier alpha value is -1.40. The third-order valence-electron chi connectivity index (χ3n) is 2.84. The van der Waals surface area contributed by atoms with Crippen LogP contribution in [0.2, 0.25) is 0 Å². The summed E-state index contributed by atoms with van der Waals surface area (Å²) < 4.78 is 14.2. The topological polar surface area (TPSA) is 55.1 Å². The molecule has 0 aliphatic carbocycles. The SMILES string of the molecule is Cc1c(N)cc(Br)cc1C(=O)Nc1ccc(F)cc1Br. The number of carbonyl (C=O) groups excluding carboxylic acids is 1. The first kappa shape index (κ1) is 15.0. The number of nitrogen functional groups attached to an aromatic ring is 1. The van der Waals surface area contributed by atoms with Crippen LogP contribution in [0.3, 0.4) is 0 Å². The van der Waals surface area contributed by atoms with Crippen molar-refractivity contribution in [3.8, 4) is 0 Å². The number of hydrogen-bond acceptors (Lipinski definition) is 2. The number of hydrogen-bond donors (Lipinski definition) is 2. The highest BCUT2D eigenvalue weighted by molar-refractivity contribution is 9.10. The van der Waals surface area contributed by atoms with E-state index in [1.54, 1.807) is 19.1 Å². The Bertz CT molecular complexity index is 689. The van der Waals surface area contributed by atoms with Crippen molar-refractivity contribution in [2.45, 2.75) is 6.92 Å². The van der Waals surface area contributed by atoms with E-state index in [0.717, 1.165) is 4.47 Å². The van der Waals surface area contributed by atoms with Gasteiger partial charge in [-0.3, -0.25) is 4.79 Å². The fourth-order valence-electron chi connectivity index (χ4n) is 1.72. The second-order valence-electron chi connectivity index (χ2n) is 4.25. The second-order valence-corrected chi connectivity index (χ2v) is 6.02. The van der Waals surface area contributed by atoms with Crippen LogP contribution in [0, 0.1) is 12.7 Å². The summed E-state index contributed by atoms with van der Waals surface area (Å²) in [5, 5.41) is 2.72. The first-order chi connectivity index (χ1) is 9.38. The van der Waals surface area contributed by atoms with Gasteiger partial charge in [-0.15, -0.1) is 0 Å². The van der Waals surface area contributed by atoms with Gasteiger partial charge in [0, 0.05) is 20.2 Å². The molecule has 0 saturated carbocycles. The Morgan fingerprint density at radius 3 is 2.60 bits per heavy atom. The minimum atomic E-state index is -0.377. The van der Waals surface area contributed by atoms with Gasteiger partial charge >= 0.3 is 0 Å². The van der Waals surface area contributed by atoms with Gasteiger partial charge in [0.1, 0.15) is 5.82 Å². The Morgan fingerprint density at radius 1 is 1.25 bits per heavy atom. The third kappa shape index (κ3) is 3.19. The fourth-order valence-corrected chi connectivity index (χ4v) is 2.64. The number of anilines is 2. The first-order valence-electron chi connectivity index (χ1n) is 5.70. The number of halogens is 3. The standard InChI is InChI=1S/C14H11Br2FN2O/c1-7-10(4-8(15)5-12(7)18)14(20)19-13-3-2-9(17)6-11(13)16/h2-6H,18H2,1H3,(H,19,20). The van der Waals surface area contributed by atoms with Crippen molar-refractivity contribution in [2.24, 2.45) is 0 Å². The van der Waals surface area contributed by atoms with Crippen molar-refractivity contribution in [3.05, 3.63) is 56.2 Å². The van der Waals surface area contributed by atoms with Gasteiger partial charge < -0.3 is 11.1 Å². The molecule has 0 saturated heterocycles. The van der Waals surface area contributed by atoms with Gasteiger partial charge in [0.2, 0.25) is 0 Å². The Labute approximate surface area is 132 Å². The van der Waals surface area contributed by atoms with Crippen LogP contribution in [-0.4, -0.2) is 5.91 Å². The highest BCUT2D eigenvalue weighted by Gasteiger charge is 2.14. The Morgan fingerprint density at radius 2 is 1.95 bits per heavy atom. The van der Waals surface area contributed by atoms with Crippen LogP contribution in [0.5, 0.6) is 0 Å². The Kier molecular flexibility index (Phi) is 4.45. The summed E-state index contributed by atoms with van der Waals surface area (Å²) in [6.07, 6.45) is 0. The summed E-state index contributed by atoms with van der Waals surface area (Å²) in [5.41, 5.74) is 8.02. The maximum Gasteiger partial charge on any atom is 0.256 e. The minimum absolute atomic E-state index is 0.303. The van der Waals surface area contributed by atoms with Crippen LogP contribution < -0.4 is 11.1 Å². The molecule has 3 nitrogen and oxygen atoms in total. The number of carbonyl (C=O) groups is 1. The predicted molar refractivity (Wildman–Crippen MR) is 85.3 cm³/mol. The molecule has 3 N–H and O–H groups in total. The molecule has 2 aromatic rings. The van der Waals surface area contributed by atoms with Crippen LogP contribution in [0.4, 0.5) is 15.8 Å². The van der Waals surface area contributed by atoms with Crippen molar-refractivity contribution in [1.29, 1.82) is 0 Å². The molecule has 2 aromatic carbocycles. The number of nitrogens with one attached hydrogen (secondary N) is 1. The number of rotatable bonds is 2. The van der Waals surface area contributed by atoms with E-state index in [-0.39, 0.29) is 11.7 Å². The van der Waals surface area contributed by atoms with Crippen molar-refractivity contribution >= 4 is 49.1 Å². The normalized spacial score (nSPS) is 10.4. The van der Waals surface area contributed by atoms with Crippen molar-refractivity contribution < 1.29 is 9.18 Å². The fraction of sp³-hybridized carbons (Fsp3) is 0.0714. The van der Waals surface area contributed by atoms with E-state index >= 15 is 0 Å². The van der Waals surface area contributed by atoms with Crippen LogP contribution in [0.25, 0.3) is 0 Å². The largest absolute Gasteiger partial charge is 0.398 e. The third-order valence-corrected chi connectivity index (χ3v) is 3.95. The van der Waals surface area contributed by atoms with E-state index in [4.69, 9.17) is 5.73 Å².